The number of hydrogen-bond donors (Lipinski definition) is 3. The van der Waals surface area contributed by atoms with E-state index in [0.29, 0.717) is 5.52 Å². The van der Waals surface area contributed by atoms with Gasteiger partial charge in [-0.15, -0.1) is 0 Å². The van der Waals surface area contributed by atoms with Crippen molar-refractivity contribution in [1.82, 2.24) is 14.6 Å². The maximum absolute atomic E-state index is 12.6. The van der Waals surface area contributed by atoms with Crippen LogP contribution in [0.25, 0.3) is 5.52 Å². The molecule has 2 aromatic heterocycles. The fourth-order valence-corrected chi connectivity index (χ4v) is 4.42. The quantitative estimate of drug-likeness (QED) is 0.610. The van der Waals surface area contributed by atoms with E-state index in [0.717, 1.165) is 32.1 Å². The van der Waals surface area contributed by atoms with E-state index in [9.17, 15) is 20.3 Å². The van der Waals surface area contributed by atoms with Crippen molar-refractivity contribution in [3.63, 3.8) is 0 Å². The second-order valence-corrected chi connectivity index (χ2v) is 8.32. The number of nitrogen functional groups attached to an aromatic ring is 1. The Hall–Kier alpha value is -2.74. The number of anilines is 1. The minimum atomic E-state index is -1.90. The van der Waals surface area contributed by atoms with E-state index in [-0.39, 0.29) is 24.1 Å². The zero-order chi connectivity index (χ0) is 21.5. The lowest BCUT2D eigenvalue weighted by Gasteiger charge is -2.31. The van der Waals surface area contributed by atoms with Crippen LogP contribution in [0.3, 0.4) is 0 Å². The van der Waals surface area contributed by atoms with Crippen LogP contribution in [-0.2, 0) is 19.9 Å². The summed E-state index contributed by atoms with van der Waals surface area (Å²) >= 11 is 0. The zero-order valence-electron chi connectivity index (χ0n) is 16.7. The third-order valence-corrected chi connectivity index (χ3v) is 6.32. The van der Waals surface area contributed by atoms with Crippen LogP contribution in [0, 0.1) is 16.7 Å². The van der Waals surface area contributed by atoms with Crippen LogP contribution in [0.1, 0.15) is 44.7 Å². The van der Waals surface area contributed by atoms with E-state index < -0.39 is 29.3 Å². The summed E-state index contributed by atoms with van der Waals surface area (Å²) in [4.78, 5) is 16.5. The summed E-state index contributed by atoms with van der Waals surface area (Å²) in [6.45, 7) is 1.61. The van der Waals surface area contributed by atoms with Crippen LogP contribution in [0.4, 0.5) is 5.82 Å². The van der Waals surface area contributed by atoms with Gasteiger partial charge in [0.05, 0.1) is 11.1 Å². The average Bonchev–Trinajstić information content (AvgIpc) is 3.29. The van der Waals surface area contributed by atoms with Crippen molar-refractivity contribution in [3.05, 3.63) is 24.2 Å². The monoisotopic (exact) mass is 415 g/mol. The molecule has 1 saturated carbocycles. The van der Waals surface area contributed by atoms with Gasteiger partial charge in [-0.2, -0.15) is 10.4 Å². The summed E-state index contributed by atoms with van der Waals surface area (Å²) in [5.74, 6) is -0.154. The third-order valence-electron chi connectivity index (χ3n) is 6.32. The molecule has 0 bridgehead atoms. The van der Waals surface area contributed by atoms with E-state index in [2.05, 4.69) is 10.1 Å². The van der Waals surface area contributed by atoms with E-state index >= 15 is 0 Å². The lowest BCUT2D eigenvalue weighted by Crippen LogP contribution is -2.41. The number of nitriles is 1. The summed E-state index contributed by atoms with van der Waals surface area (Å²) in [6.07, 6.45) is 1.69. The first kappa shape index (κ1) is 20.5. The summed E-state index contributed by atoms with van der Waals surface area (Å²) in [5, 5.41) is 35.3. The van der Waals surface area contributed by atoms with E-state index in [1.165, 1.54) is 16.9 Å². The highest BCUT2D eigenvalue weighted by atomic mass is 16.6. The SMILES string of the molecule is CC1(C(=O)OCC2OC(C#N)(c3ccc4c(N)ncnn34)C(O)C2O)CCCCC1. The summed E-state index contributed by atoms with van der Waals surface area (Å²) < 4.78 is 12.6. The molecule has 10 nitrogen and oxygen atoms in total. The van der Waals surface area contributed by atoms with Gasteiger partial charge in [-0.05, 0) is 31.9 Å². The number of aromatic nitrogens is 3. The second-order valence-electron chi connectivity index (χ2n) is 8.32. The number of esters is 1. The van der Waals surface area contributed by atoms with Gasteiger partial charge in [-0.25, -0.2) is 9.50 Å². The van der Waals surface area contributed by atoms with Crippen molar-refractivity contribution in [2.45, 2.75) is 62.9 Å². The van der Waals surface area contributed by atoms with E-state index in [1.54, 1.807) is 6.07 Å². The number of hydrogen-bond acceptors (Lipinski definition) is 9. The van der Waals surface area contributed by atoms with Gasteiger partial charge in [-0.3, -0.25) is 4.79 Å². The van der Waals surface area contributed by atoms with E-state index in [1.807, 2.05) is 13.0 Å². The Kier molecular flexibility index (Phi) is 5.13. The number of ether oxygens (including phenoxy) is 2. The van der Waals surface area contributed by atoms with Gasteiger partial charge < -0.3 is 25.4 Å². The van der Waals surface area contributed by atoms with Gasteiger partial charge in [0.2, 0.25) is 5.60 Å². The minimum Gasteiger partial charge on any atom is -0.462 e. The van der Waals surface area contributed by atoms with Crippen LogP contribution in [0.15, 0.2) is 18.5 Å². The molecule has 160 valence electrons. The van der Waals surface area contributed by atoms with Gasteiger partial charge in [-0.1, -0.05) is 19.3 Å². The normalized spacial score (nSPS) is 30.8. The molecule has 2 aromatic rings. The third kappa shape index (κ3) is 3.10. The van der Waals surface area contributed by atoms with E-state index in [4.69, 9.17) is 15.2 Å². The number of rotatable bonds is 4. The molecule has 0 radical (unpaired) electrons. The minimum absolute atomic E-state index is 0.198. The van der Waals surface area contributed by atoms with Crippen molar-refractivity contribution in [1.29, 1.82) is 5.26 Å². The predicted octanol–water partition coefficient (Wildman–Crippen LogP) is 0.665. The Labute approximate surface area is 173 Å². The Morgan fingerprint density at radius 3 is 2.83 bits per heavy atom. The number of aliphatic hydroxyl groups excluding tert-OH is 2. The largest absolute Gasteiger partial charge is 0.462 e. The predicted molar refractivity (Wildman–Crippen MR) is 104 cm³/mol. The fraction of sp³-hybridized carbons (Fsp3) is 0.600. The van der Waals surface area contributed by atoms with Crippen LogP contribution >= 0.6 is 0 Å². The molecule has 4 unspecified atom stereocenters. The zero-order valence-corrected chi connectivity index (χ0v) is 16.7. The molecule has 4 rings (SSSR count). The van der Waals surface area contributed by atoms with Crippen molar-refractivity contribution < 1.29 is 24.5 Å². The molecule has 1 aliphatic carbocycles. The van der Waals surface area contributed by atoms with Crippen LogP contribution in [0.2, 0.25) is 0 Å². The number of nitrogens with zero attached hydrogens (tertiary/aromatic N) is 4. The molecule has 0 aromatic carbocycles. The average molecular weight is 415 g/mol. The van der Waals surface area contributed by atoms with Gasteiger partial charge in [0.25, 0.3) is 0 Å². The van der Waals surface area contributed by atoms with Gasteiger partial charge >= 0.3 is 5.97 Å². The molecule has 0 amide bonds. The number of aliphatic hydroxyl groups is 2. The Morgan fingerprint density at radius 1 is 1.40 bits per heavy atom. The molecule has 3 heterocycles. The van der Waals surface area contributed by atoms with Crippen molar-refractivity contribution in [3.8, 4) is 6.07 Å². The molecule has 2 fully saturated rings. The Morgan fingerprint density at radius 2 is 2.13 bits per heavy atom. The maximum atomic E-state index is 12.6. The van der Waals surface area contributed by atoms with Gasteiger partial charge in [0.15, 0.2) is 5.82 Å². The number of carbonyl (C=O) groups excluding carboxylic acids is 1. The fourth-order valence-electron chi connectivity index (χ4n) is 4.42. The van der Waals surface area contributed by atoms with Crippen LogP contribution < -0.4 is 5.73 Å². The standard InChI is InChI=1S/C20H25N5O5/c1-19(7-3-2-4-8-19)18(28)29-9-13-15(26)16(27)20(10-21,30-13)14-6-5-12-17(22)23-11-24-25(12)14/h5-6,11,13,15-16,26-27H,2-4,7-9H2,1H3,(H2,22,23,24). The highest BCUT2D eigenvalue weighted by Gasteiger charge is 2.58. The smallest absolute Gasteiger partial charge is 0.311 e. The van der Waals surface area contributed by atoms with Crippen molar-refractivity contribution in [2.75, 3.05) is 12.3 Å². The first-order valence-corrected chi connectivity index (χ1v) is 10.0. The lowest BCUT2D eigenvalue weighted by atomic mass is 9.76. The van der Waals surface area contributed by atoms with Crippen molar-refractivity contribution in [2.24, 2.45) is 5.41 Å². The number of fused-ring (bicyclic) bond motifs is 1. The summed E-state index contributed by atoms with van der Waals surface area (Å²) in [6, 6.07) is 5.10. The first-order valence-electron chi connectivity index (χ1n) is 10.0. The second kappa shape index (κ2) is 7.50. The molecule has 10 heteroatoms. The van der Waals surface area contributed by atoms with Crippen molar-refractivity contribution >= 4 is 17.3 Å². The number of carbonyl (C=O) groups is 1. The highest BCUT2D eigenvalue weighted by Crippen LogP contribution is 2.41. The topological polar surface area (TPSA) is 156 Å². The molecule has 0 spiro atoms. The summed E-state index contributed by atoms with van der Waals surface area (Å²) in [7, 11) is 0. The summed E-state index contributed by atoms with van der Waals surface area (Å²) in [5.41, 5.74) is 4.02. The molecule has 4 atom stereocenters. The maximum Gasteiger partial charge on any atom is 0.311 e. The number of nitrogens with two attached hydrogens (primary N) is 1. The molecular formula is C20H25N5O5. The molecule has 30 heavy (non-hydrogen) atoms. The Balaban J connectivity index is 1.56. The molecule has 1 saturated heterocycles. The lowest BCUT2D eigenvalue weighted by molar-refractivity contribution is -0.163. The molecular weight excluding hydrogens is 390 g/mol. The molecule has 1 aliphatic heterocycles. The molecule has 2 aliphatic rings. The van der Waals surface area contributed by atoms with Crippen LogP contribution in [0.5, 0.6) is 0 Å². The molecule has 4 N–H and O–H groups in total. The Bertz CT molecular complexity index is 995. The first-order chi connectivity index (χ1) is 14.3. The van der Waals surface area contributed by atoms with Gasteiger partial charge in [0.1, 0.15) is 42.8 Å². The highest BCUT2D eigenvalue weighted by molar-refractivity contribution is 5.76. The van der Waals surface area contributed by atoms with Gasteiger partial charge in [0, 0.05) is 0 Å². The van der Waals surface area contributed by atoms with Crippen LogP contribution in [-0.4, -0.2) is 55.7 Å².